The molecule has 1 saturated heterocycles. The van der Waals surface area contributed by atoms with Gasteiger partial charge in [-0.1, -0.05) is 18.8 Å². The molecule has 3 aliphatic rings. The normalized spacial score (nSPS) is 21.6. The number of carbonyl (C=O) groups is 2. The summed E-state index contributed by atoms with van der Waals surface area (Å²) in [6.45, 7) is 6.17. The lowest BCUT2D eigenvalue weighted by atomic mass is 10.1. The van der Waals surface area contributed by atoms with E-state index in [9.17, 15) is 9.59 Å². The van der Waals surface area contributed by atoms with Gasteiger partial charge in [0, 0.05) is 20.0 Å². The molecule has 8 heteroatoms. The zero-order valence-corrected chi connectivity index (χ0v) is 17.5. The summed E-state index contributed by atoms with van der Waals surface area (Å²) in [4.78, 5) is 35.9. The second kappa shape index (κ2) is 7.50. The van der Waals surface area contributed by atoms with Crippen molar-refractivity contribution in [2.75, 3.05) is 38.7 Å². The van der Waals surface area contributed by atoms with Crippen LogP contribution in [0.2, 0.25) is 0 Å². The second-order valence-corrected chi connectivity index (χ2v) is 8.08. The third-order valence-corrected chi connectivity index (χ3v) is 5.73. The van der Waals surface area contributed by atoms with E-state index in [1.807, 2.05) is 28.8 Å². The number of likely N-dealkylation sites (N-methyl/N-ethyl adjacent to an activating group) is 1. The number of rotatable bonds is 5. The number of aliphatic imine (C=N–C) groups is 1. The lowest BCUT2D eigenvalue weighted by molar-refractivity contribution is -0.539. The highest BCUT2D eigenvalue weighted by atomic mass is 16.5. The Hall–Kier alpha value is -2.90. The van der Waals surface area contributed by atoms with Crippen LogP contribution in [0, 0.1) is 5.92 Å². The summed E-state index contributed by atoms with van der Waals surface area (Å²) in [7, 11) is 3.35. The molecule has 0 radical (unpaired) electrons. The van der Waals surface area contributed by atoms with Crippen LogP contribution in [-0.4, -0.2) is 77.9 Å². The lowest BCUT2D eigenvalue weighted by Crippen LogP contribution is -2.63. The molecule has 3 aliphatic heterocycles. The van der Waals surface area contributed by atoms with Crippen LogP contribution >= 0.6 is 0 Å². The summed E-state index contributed by atoms with van der Waals surface area (Å²) in [5.74, 6) is 2.30. The van der Waals surface area contributed by atoms with Crippen LogP contribution in [0.4, 0.5) is 10.5 Å². The number of amidine groups is 1. The third-order valence-electron chi connectivity index (χ3n) is 5.73. The van der Waals surface area contributed by atoms with E-state index < -0.39 is 6.04 Å². The van der Waals surface area contributed by atoms with Crippen LogP contribution in [0.1, 0.15) is 26.7 Å². The van der Waals surface area contributed by atoms with Crippen molar-refractivity contribution in [2.45, 2.75) is 32.7 Å². The topological polar surface area (TPSA) is 68.5 Å². The number of methoxy groups -OCH3 is 1. The third kappa shape index (κ3) is 3.26. The molecule has 0 N–H and O–H groups in total. The molecule has 0 bridgehead atoms. The van der Waals surface area contributed by atoms with E-state index >= 15 is 0 Å². The van der Waals surface area contributed by atoms with Crippen LogP contribution < -0.4 is 9.64 Å². The molecule has 1 atom stereocenters. The van der Waals surface area contributed by atoms with Gasteiger partial charge in [-0.05, 0) is 36.6 Å². The molecule has 29 heavy (non-hydrogen) atoms. The summed E-state index contributed by atoms with van der Waals surface area (Å²) < 4.78 is 7.29. The first kappa shape index (κ1) is 19.4. The van der Waals surface area contributed by atoms with E-state index in [0.717, 1.165) is 43.3 Å². The molecule has 0 saturated carbocycles. The van der Waals surface area contributed by atoms with E-state index in [1.165, 1.54) is 9.80 Å². The Bertz CT molecular complexity index is 890. The van der Waals surface area contributed by atoms with Crippen LogP contribution in [0.25, 0.3) is 0 Å². The standard InChI is InChI=1S/C21H28N5O3/c1-14(2)10-13-26-19(27)17-18(23(3)21(26)28)22-20-24(11-5-12-25(17)20)15-6-8-16(29-4)9-7-15/h6-9,14,17H,5,10-13H2,1-4H3/q+1. The van der Waals surface area contributed by atoms with Crippen LogP contribution in [0.15, 0.2) is 29.3 Å². The highest BCUT2D eigenvalue weighted by Gasteiger charge is 2.54. The molecule has 1 aromatic carbocycles. The number of fused-ring (bicyclic) bond motifs is 2. The van der Waals surface area contributed by atoms with Crippen molar-refractivity contribution in [1.82, 2.24) is 9.80 Å². The number of guanidine groups is 1. The molecular formula is C21H28N5O3+. The molecule has 3 heterocycles. The first-order valence-corrected chi connectivity index (χ1v) is 10.1. The maximum absolute atomic E-state index is 13.3. The Balaban J connectivity index is 1.68. The van der Waals surface area contributed by atoms with E-state index in [0.29, 0.717) is 18.3 Å². The number of imide groups is 1. The summed E-state index contributed by atoms with van der Waals surface area (Å²) >= 11 is 0. The number of anilines is 1. The van der Waals surface area contributed by atoms with Crippen LogP contribution in [0.5, 0.6) is 5.75 Å². The van der Waals surface area contributed by atoms with Gasteiger partial charge in [0.2, 0.25) is 11.9 Å². The van der Waals surface area contributed by atoms with E-state index in [4.69, 9.17) is 9.73 Å². The SMILES string of the molecule is COc1ccc(N2CCC[N+]3=C2N=C2C3C(=O)N(CCC(C)C)C(=O)N2C)cc1. The Kier molecular flexibility index (Phi) is 5.02. The van der Waals surface area contributed by atoms with Gasteiger partial charge in [0.05, 0.1) is 20.2 Å². The van der Waals surface area contributed by atoms with Crippen LogP contribution in [0.3, 0.4) is 0 Å². The Morgan fingerprint density at radius 2 is 1.97 bits per heavy atom. The fourth-order valence-electron chi connectivity index (χ4n) is 4.05. The summed E-state index contributed by atoms with van der Waals surface area (Å²) in [6.07, 6.45) is 1.70. The van der Waals surface area contributed by atoms with Crippen molar-refractivity contribution in [2.24, 2.45) is 10.9 Å². The Morgan fingerprint density at radius 3 is 2.62 bits per heavy atom. The fraction of sp³-hybridized carbons (Fsp3) is 0.524. The first-order chi connectivity index (χ1) is 13.9. The largest absolute Gasteiger partial charge is 0.497 e. The summed E-state index contributed by atoms with van der Waals surface area (Å²) in [5.41, 5.74) is 0.992. The molecule has 0 aromatic heterocycles. The summed E-state index contributed by atoms with van der Waals surface area (Å²) in [5, 5.41) is 0. The quantitative estimate of drug-likeness (QED) is 0.712. The van der Waals surface area contributed by atoms with Gasteiger partial charge >= 0.3 is 12.0 Å². The minimum atomic E-state index is -0.527. The van der Waals surface area contributed by atoms with E-state index in [2.05, 4.69) is 18.7 Å². The zero-order chi connectivity index (χ0) is 20.7. The smallest absolute Gasteiger partial charge is 0.397 e. The number of nitrogens with zero attached hydrogens (tertiary/aromatic N) is 5. The van der Waals surface area contributed by atoms with Crippen molar-refractivity contribution < 1.29 is 18.9 Å². The minimum Gasteiger partial charge on any atom is -0.497 e. The Labute approximate surface area is 171 Å². The average Bonchev–Trinajstić information content (AvgIpc) is 3.12. The molecular weight excluding hydrogens is 370 g/mol. The lowest BCUT2D eigenvalue weighted by Gasteiger charge is -2.35. The monoisotopic (exact) mass is 398 g/mol. The average molecular weight is 398 g/mol. The van der Waals surface area contributed by atoms with Crippen molar-refractivity contribution in [3.8, 4) is 5.75 Å². The van der Waals surface area contributed by atoms with Crippen molar-refractivity contribution in [3.05, 3.63) is 24.3 Å². The van der Waals surface area contributed by atoms with E-state index in [-0.39, 0.29) is 11.9 Å². The van der Waals surface area contributed by atoms with Gasteiger partial charge in [0.15, 0.2) is 0 Å². The van der Waals surface area contributed by atoms with Gasteiger partial charge < -0.3 is 4.74 Å². The number of benzene rings is 1. The summed E-state index contributed by atoms with van der Waals surface area (Å²) in [6, 6.07) is 6.99. The second-order valence-electron chi connectivity index (χ2n) is 8.08. The number of carbonyl (C=O) groups excluding carboxylic acids is 2. The molecule has 8 nitrogen and oxygen atoms in total. The molecule has 154 valence electrons. The van der Waals surface area contributed by atoms with Gasteiger partial charge in [0.1, 0.15) is 11.4 Å². The molecule has 1 fully saturated rings. The van der Waals surface area contributed by atoms with Gasteiger partial charge in [-0.3, -0.25) is 14.6 Å². The van der Waals surface area contributed by atoms with Crippen molar-refractivity contribution >= 4 is 29.4 Å². The molecule has 4 rings (SSSR count). The fourth-order valence-corrected chi connectivity index (χ4v) is 4.05. The predicted octanol–water partition coefficient (Wildman–Crippen LogP) is 1.99. The maximum Gasteiger partial charge on any atom is 0.397 e. The molecule has 0 spiro atoms. The first-order valence-electron chi connectivity index (χ1n) is 10.1. The van der Waals surface area contributed by atoms with Gasteiger partial charge in [-0.25, -0.2) is 14.3 Å². The van der Waals surface area contributed by atoms with Gasteiger partial charge in [-0.2, -0.15) is 0 Å². The number of amides is 3. The number of hydrogen-bond donors (Lipinski definition) is 0. The highest BCUT2D eigenvalue weighted by Crippen LogP contribution is 2.27. The minimum absolute atomic E-state index is 0.168. The molecule has 0 aliphatic carbocycles. The van der Waals surface area contributed by atoms with Gasteiger partial charge in [-0.15, -0.1) is 0 Å². The zero-order valence-electron chi connectivity index (χ0n) is 17.5. The number of hydrogen-bond acceptors (Lipinski definition) is 5. The van der Waals surface area contributed by atoms with Crippen LogP contribution in [-0.2, 0) is 4.79 Å². The molecule has 1 unspecified atom stereocenters. The number of ether oxygens (including phenoxy) is 1. The molecule has 3 amide bonds. The van der Waals surface area contributed by atoms with Crippen molar-refractivity contribution in [1.29, 1.82) is 0 Å². The Morgan fingerprint density at radius 1 is 1.24 bits per heavy atom. The van der Waals surface area contributed by atoms with Gasteiger partial charge in [0.25, 0.3) is 5.91 Å². The van der Waals surface area contributed by atoms with E-state index in [1.54, 1.807) is 14.2 Å². The molecule has 1 aromatic rings. The predicted molar refractivity (Wildman–Crippen MR) is 111 cm³/mol. The van der Waals surface area contributed by atoms with Crippen molar-refractivity contribution in [3.63, 3.8) is 0 Å². The highest BCUT2D eigenvalue weighted by molar-refractivity contribution is 6.24. The maximum atomic E-state index is 13.3. The number of urea groups is 1.